The zero-order valence-electron chi connectivity index (χ0n) is 20.1. The monoisotopic (exact) mass is 500 g/mol. The Balaban J connectivity index is 1.55. The van der Waals surface area contributed by atoms with Gasteiger partial charge in [-0.2, -0.15) is 0 Å². The van der Waals surface area contributed by atoms with Crippen LogP contribution in [0.2, 0.25) is 0 Å². The fraction of sp³-hybridized carbons (Fsp3) is 0.125. The van der Waals surface area contributed by atoms with Crippen molar-refractivity contribution >= 4 is 29.1 Å². The van der Waals surface area contributed by atoms with E-state index < -0.39 is 29.2 Å². The maximum atomic E-state index is 14.5. The van der Waals surface area contributed by atoms with E-state index in [-0.39, 0.29) is 17.3 Å². The predicted molar refractivity (Wildman–Crippen MR) is 141 cm³/mol. The van der Waals surface area contributed by atoms with Crippen LogP contribution in [0.4, 0.5) is 10.1 Å². The summed E-state index contributed by atoms with van der Waals surface area (Å²) in [7, 11) is 0. The summed E-state index contributed by atoms with van der Waals surface area (Å²) < 4.78 is 14.3. The van der Waals surface area contributed by atoms with Crippen LogP contribution in [-0.2, 0) is 0 Å². The third kappa shape index (κ3) is 2.85. The fourth-order valence-electron chi connectivity index (χ4n) is 6.65. The second-order valence-corrected chi connectivity index (χ2v) is 9.93. The Labute approximate surface area is 218 Å². The van der Waals surface area contributed by atoms with E-state index in [2.05, 4.69) is 4.98 Å². The minimum Gasteiger partial charge on any atom is -0.352 e. The first-order valence-corrected chi connectivity index (χ1v) is 12.5. The number of halogens is 1. The van der Waals surface area contributed by atoms with E-state index in [1.807, 2.05) is 17.0 Å². The van der Waals surface area contributed by atoms with Gasteiger partial charge in [-0.05, 0) is 29.8 Å². The Kier molecular flexibility index (Phi) is 4.82. The minimum absolute atomic E-state index is 0.219. The molecule has 0 bridgehead atoms. The van der Waals surface area contributed by atoms with Gasteiger partial charge >= 0.3 is 0 Å². The summed E-state index contributed by atoms with van der Waals surface area (Å²) in [5.41, 5.74) is 1.41. The molecular weight excluding hydrogens is 479 g/mol. The van der Waals surface area contributed by atoms with Crippen LogP contribution in [0.25, 0.3) is 6.08 Å². The molecule has 0 N–H and O–H groups in total. The first-order valence-electron chi connectivity index (χ1n) is 12.5. The number of anilines is 1. The summed E-state index contributed by atoms with van der Waals surface area (Å²) in [6, 6.07) is 22.0. The minimum atomic E-state index is -1.59. The summed E-state index contributed by atoms with van der Waals surface area (Å²) in [5.74, 6) is -2.07. The highest BCUT2D eigenvalue weighted by molar-refractivity contribution is 6.32. The van der Waals surface area contributed by atoms with Gasteiger partial charge in [0.2, 0.25) is 0 Å². The first kappa shape index (κ1) is 22.5. The van der Waals surface area contributed by atoms with Gasteiger partial charge < -0.3 is 4.90 Å². The molecule has 0 saturated carbocycles. The van der Waals surface area contributed by atoms with Crippen LogP contribution in [0.15, 0.2) is 103 Å². The molecule has 1 fully saturated rings. The van der Waals surface area contributed by atoms with Crippen molar-refractivity contribution < 1.29 is 18.8 Å². The number of hydrogen-bond donors (Lipinski definition) is 0. The number of carbonyl (C=O) groups excluding carboxylic acids is 3. The molecule has 1 aromatic heterocycles. The van der Waals surface area contributed by atoms with E-state index in [1.54, 1.807) is 85.2 Å². The first-order chi connectivity index (χ1) is 18.5. The van der Waals surface area contributed by atoms with E-state index in [1.165, 1.54) is 12.1 Å². The van der Waals surface area contributed by atoms with E-state index in [9.17, 15) is 18.8 Å². The lowest BCUT2D eigenvalue weighted by atomic mass is 9.64. The Bertz CT molecular complexity index is 1630. The van der Waals surface area contributed by atoms with Crippen molar-refractivity contribution in [2.24, 2.45) is 5.41 Å². The fourth-order valence-corrected chi connectivity index (χ4v) is 6.65. The van der Waals surface area contributed by atoms with Gasteiger partial charge in [0.15, 0.2) is 17.3 Å². The number of nitrogens with zero attached hydrogens (tertiary/aromatic N) is 2. The summed E-state index contributed by atoms with van der Waals surface area (Å²) in [6.45, 7) is 0. The molecular formula is C32H21FN2O3. The smallest absolute Gasteiger partial charge is 0.185 e. The Morgan fingerprint density at radius 1 is 0.868 bits per heavy atom. The Morgan fingerprint density at radius 2 is 1.58 bits per heavy atom. The molecule has 3 heterocycles. The standard InChI is InChI=1S/C32H21FN2O3/c33-22-13-14-25-20(17-22)12-15-26-32(30(37)23-10-4-5-11-24(23)31(32)38)27(21-9-6-16-34-18-21)28(35(25)26)29(36)19-7-2-1-3-8-19/h1-18,26-28H/t26?,27-,28+/m0/s1. The van der Waals surface area contributed by atoms with E-state index >= 15 is 0 Å². The molecule has 3 atom stereocenters. The number of Topliss-reactive ketones (excluding diaryl/α,β-unsaturated/α-hetero) is 3. The van der Waals surface area contributed by atoms with Crippen molar-refractivity contribution in [1.82, 2.24) is 4.98 Å². The van der Waals surface area contributed by atoms with Gasteiger partial charge in [0.1, 0.15) is 17.3 Å². The van der Waals surface area contributed by atoms with Crippen molar-refractivity contribution in [3.05, 3.63) is 137 Å². The Hall–Kier alpha value is -4.71. The summed E-state index contributed by atoms with van der Waals surface area (Å²) in [4.78, 5) is 49.5. The van der Waals surface area contributed by atoms with Crippen LogP contribution in [0.5, 0.6) is 0 Å². The molecule has 3 aliphatic rings. The van der Waals surface area contributed by atoms with E-state index in [4.69, 9.17) is 0 Å². The highest BCUT2D eigenvalue weighted by Crippen LogP contribution is 2.60. The molecule has 2 aliphatic heterocycles. The second kappa shape index (κ2) is 8.15. The number of pyridine rings is 1. The second-order valence-electron chi connectivity index (χ2n) is 9.93. The number of rotatable bonds is 3. The predicted octanol–water partition coefficient (Wildman–Crippen LogP) is 5.54. The largest absolute Gasteiger partial charge is 0.352 e. The van der Waals surface area contributed by atoms with Crippen molar-refractivity contribution in [2.45, 2.75) is 18.0 Å². The van der Waals surface area contributed by atoms with Gasteiger partial charge in [-0.3, -0.25) is 19.4 Å². The molecule has 0 amide bonds. The average molecular weight is 501 g/mol. The topological polar surface area (TPSA) is 67.3 Å². The van der Waals surface area contributed by atoms with Crippen LogP contribution in [0.3, 0.4) is 0 Å². The highest BCUT2D eigenvalue weighted by Gasteiger charge is 2.71. The van der Waals surface area contributed by atoms with Gasteiger partial charge in [0.05, 0.1) is 6.04 Å². The van der Waals surface area contributed by atoms with Crippen LogP contribution in [0.1, 0.15) is 48.1 Å². The molecule has 1 aliphatic carbocycles. The van der Waals surface area contributed by atoms with Crippen LogP contribution < -0.4 is 4.90 Å². The SMILES string of the molecule is O=C(c1ccccc1)[C@H]1[C@H](c2cccnc2)C2(C(=O)c3ccccc3C2=O)C2C=Cc3cc(F)ccc3N21. The zero-order chi connectivity index (χ0) is 26.0. The van der Waals surface area contributed by atoms with Gasteiger partial charge in [-0.25, -0.2) is 4.39 Å². The van der Waals surface area contributed by atoms with E-state index in [0.717, 1.165) is 0 Å². The molecule has 0 radical (unpaired) electrons. The molecule has 5 nitrogen and oxygen atoms in total. The number of fused-ring (bicyclic) bond motifs is 5. The quantitative estimate of drug-likeness (QED) is 0.273. The van der Waals surface area contributed by atoms with Gasteiger partial charge in [-0.15, -0.1) is 0 Å². The summed E-state index contributed by atoms with van der Waals surface area (Å²) >= 11 is 0. The van der Waals surface area contributed by atoms with Gasteiger partial charge in [0, 0.05) is 46.3 Å². The lowest BCUT2D eigenvalue weighted by molar-refractivity contribution is 0.0666. The molecule has 1 saturated heterocycles. The molecule has 4 aromatic rings. The zero-order valence-corrected chi connectivity index (χ0v) is 20.1. The molecule has 6 heteroatoms. The molecule has 1 unspecified atom stereocenters. The molecule has 38 heavy (non-hydrogen) atoms. The lowest BCUT2D eigenvalue weighted by Gasteiger charge is -2.37. The maximum absolute atomic E-state index is 14.5. The number of hydrogen-bond acceptors (Lipinski definition) is 5. The maximum Gasteiger partial charge on any atom is 0.185 e. The molecule has 3 aromatic carbocycles. The third-order valence-corrected chi connectivity index (χ3v) is 8.14. The summed E-state index contributed by atoms with van der Waals surface area (Å²) in [6.07, 6.45) is 6.79. The summed E-state index contributed by atoms with van der Waals surface area (Å²) in [5, 5.41) is 0. The molecule has 184 valence electrons. The van der Waals surface area contributed by atoms with Crippen LogP contribution >= 0.6 is 0 Å². The van der Waals surface area contributed by atoms with Crippen LogP contribution in [-0.4, -0.2) is 34.4 Å². The normalized spacial score (nSPS) is 22.3. The van der Waals surface area contributed by atoms with E-state index in [0.29, 0.717) is 33.5 Å². The van der Waals surface area contributed by atoms with Gasteiger partial charge in [0.25, 0.3) is 0 Å². The van der Waals surface area contributed by atoms with Crippen LogP contribution in [0, 0.1) is 11.2 Å². The molecule has 7 rings (SSSR count). The number of aromatic nitrogens is 1. The van der Waals surface area contributed by atoms with Crippen molar-refractivity contribution in [2.75, 3.05) is 4.90 Å². The lowest BCUT2D eigenvalue weighted by Crippen LogP contribution is -2.48. The average Bonchev–Trinajstić information content (AvgIpc) is 3.39. The highest BCUT2D eigenvalue weighted by atomic mass is 19.1. The Morgan fingerprint density at radius 3 is 2.26 bits per heavy atom. The van der Waals surface area contributed by atoms with Gasteiger partial charge in [-0.1, -0.05) is 72.8 Å². The third-order valence-electron chi connectivity index (χ3n) is 8.14. The molecule has 1 spiro atoms. The van der Waals surface area contributed by atoms with Crippen molar-refractivity contribution in [1.29, 1.82) is 0 Å². The number of ketones is 3. The van der Waals surface area contributed by atoms with Crippen molar-refractivity contribution in [3.8, 4) is 0 Å². The number of carbonyl (C=O) groups is 3. The van der Waals surface area contributed by atoms with Crippen molar-refractivity contribution in [3.63, 3.8) is 0 Å². The number of benzene rings is 3.